The molecule has 1 aliphatic heterocycles. The molecule has 1 aliphatic rings. The van der Waals surface area contributed by atoms with Gasteiger partial charge in [-0.1, -0.05) is 91.0 Å². The number of aliphatic imine (C=N–C) groups is 1. The number of amidine groups is 1. The SMILES string of the molecule is CN[C@H](Cc1ccccc1)C(=O)N1CCC[C@H]1C(=O)N[C@@H](CCC/C(=N/C(=O)OCc1ccccc1)NC(=O)OCc1ccccc1)C(=O)c1nc(C(=O)O)cs1. The van der Waals surface area contributed by atoms with Crippen LogP contribution in [0.25, 0.3) is 0 Å². The third kappa shape index (κ3) is 12.6. The van der Waals surface area contributed by atoms with E-state index in [4.69, 9.17) is 9.47 Å². The van der Waals surface area contributed by atoms with Crippen molar-refractivity contribution in [2.45, 2.75) is 69.9 Å². The van der Waals surface area contributed by atoms with Gasteiger partial charge >= 0.3 is 18.2 Å². The average Bonchev–Trinajstić information content (AvgIpc) is 3.93. The van der Waals surface area contributed by atoms with Crippen molar-refractivity contribution < 1.29 is 43.3 Å². The number of carboxylic acids is 1. The van der Waals surface area contributed by atoms with Crippen LogP contribution < -0.4 is 16.0 Å². The molecule has 0 radical (unpaired) electrons. The second-order valence-electron chi connectivity index (χ2n) is 13.2. The third-order valence-electron chi connectivity index (χ3n) is 9.13. The highest BCUT2D eigenvalue weighted by Crippen LogP contribution is 2.22. The number of alkyl carbamates (subject to hydrolysis) is 1. The summed E-state index contributed by atoms with van der Waals surface area (Å²) in [5.74, 6) is -2.85. The smallest absolute Gasteiger partial charge is 0.435 e. The number of likely N-dealkylation sites (N-methyl/N-ethyl adjacent to an activating group) is 1. The van der Waals surface area contributed by atoms with Gasteiger partial charge in [-0.05, 0) is 55.8 Å². The van der Waals surface area contributed by atoms with Crippen LogP contribution in [0.4, 0.5) is 9.59 Å². The molecule has 0 bridgehead atoms. The highest BCUT2D eigenvalue weighted by molar-refractivity contribution is 7.12. The zero-order valence-electron chi connectivity index (χ0n) is 31.3. The van der Waals surface area contributed by atoms with E-state index in [9.17, 15) is 33.9 Å². The molecule has 4 aromatic rings. The Morgan fingerprint density at radius 3 is 2.09 bits per heavy atom. The van der Waals surface area contributed by atoms with Crippen LogP contribution in [0.3, 0.4) is 0 Å². The number of nitrogens with one attached hydrogen (secondary N) is 3. The number of ketones is 1. The van der Waals surface area contributed by atoms with Gasteiger partial charge in [0.1, 0.15) is 25.1 Å². The first-order valence-corrected chi connectivity index (χ1v) is 19.3. The number of Topliss-reactive ketones (excluding diaryl/α,β-unsaturated/α-hetero) is 1. The summed E-state index contributed by atoms with van der Waals surface area (Å²) in [6.45, 7) is 0.240. The number of aromatic nitrogens is 1. The first kappa shape index (κ1) is 41.9. The number of hydrogen-bond acceptors (Lipinski definition) is 11. The fourth-order valence-electron chi connectivity index (χ4n) is 6.20. The summed E-state index contributed by atoms with van der Waals surface area (Å²) in [6.07, 6.45) is -0.478. The summed E-state index contributed by atoms with van der Waals surface area (Å²) in [5, 5.41) is 18.9. The van der Waals surface area contributed by atoms with Gasteiger partial charge in [0.25, 0.3) is 0 Å². The molecule has 3 aromatic carbocycles. The molecule has 5 rings (SSSR count). The average molecular weight is 797 g/mol. The van der Waals surface area contributed by atoms with Crippen LogP contribution in [0, 0.1) is 0 Å². The van der Waals surface area contributed by atoms with E-state index < -0.39 is 48.0 Å². The van der Waals surface area contributed by atoms with Gasteiger partial charge in [0.15, 0.2) is 10.7 Å². The van der Waals surface area contributed by atoms with E-state index in [2.05, 4.69) is 25.9 Å². The molecule has 2 heterocycles. The fraction of sp³-hybridized carbons (Fsp3) is 0.317. The number of nitrogens with zero attached hydrogens (tertiary/aromatic N) is 3. The van der Waals surface area contributed by atoms with Crippen LogP contribution in [-0.2, 0) is 38.7 Å². The molecule has 0 unspecified atom stereocenters. The van der Waals surface area contributed by atoms with Crippen molar-refractivity contribution in [2.75, 3.05) is 13.6 Å². The number of carbonyl (C=O) groups excluding carboxylic acids is 5. The Balaban J connectivity index is 1.29. The number of aromatic carboxylic acids is 1. The van der Waals surface area contributed by atoms with Crippen LogP contribution >= 0.6 is 11.3 Å². The van der Waals surface area contributed by atoms with Crippen LogP contribution in [0.5, 0.6) is 0 Å². The molecular formula is C41H44N6O9S. The Hall–Kier alpha value is -6.26. The number of likely N-dealkylation sites (tertiary alicyclic amines) is 1. The number of amides is 4. The standard InChI is InChI=1S/C41H44N6O9S/c1-42-31(23-27-13-5-2-6-14-27)38(50)47-22-12-20-33(47)36(49)43-30(35(48)37-44-32(26-57-37)39(51)52)19-11-21-34(45-40(53)55-24-28-15-7-3-8-16-28)46-41(54)56-25-29-17-9-4-10-18-29/h2-10,13-18,26,30-31,33,42H,11-12,19-25H2,1H3,(H,43,49)(H,51,52)(H,45,46,53,54)/t30-,31+,33-/m0/s1. The number of benzene rings is 3. The van der Waals surface area contributed by atoms with Crippen LogP contribution in [0.2, 0.25) is 0 Å². The summed E-state index contributed by atoms with van der Waals surface area (Å²) in [5.41, 5.74) is 2.09. The molecule has 3 atom stereocenters. The maximum absolute atomic E-state index is 13.9. The van der Waals surface area contributed by atoms with E-state index in [1.54, 1.807) is 55.6 Å². The van der Waals surface area contributed by atoms with E-state index in [0.717, 1.165) is 28.0 Å². The van der Waals surface area contributed by atoms with Crippen LogP contribution in [-0.4, -0.2) is 88.3 Å². The molecule has 16 heteroatoms. The molecule has 0 aliphatic carbocycles. The van der Waals surface area contributed by atoms with Gasteiger partial charge in [-0.2, -0.15) is 4.99 Å². The van der Waals surface area contributed by atoms with E-state index in [0.29, 0.717) is 25.8 Å². The molecular weight excluding hydrogens is 753 g/mol. The largest absolute Gasteiger partial charge is 0.476 e. The van der Waals surface area contributed by atoms with Crippen LogP contribution in [0.1, 0.15) is 69.1 Å². The maximum atomic E-state index is 13.9. The maximum Gasteiger partial charge on any atom is 0.435 e. The second kappa shape index (κ2) is 21.2. The predicted molar refractivity (Wildman–Crippen MR) is 211 cm³/mol. The summed E-state index contributed by atoms with van der Waals surface area (Å²) >= 11 is 0.827. The van der Waals surface area contributed by atoms with Crippen molar-refractivity contribution >= 4 is 52.9 Å². The van der Waals surface area contributed by atoms with Gasteiger partial charge in [-0.25, -0.2) is 19.4 Å². The highest BCUT2D eigenvalue weighted by atomic mass is 32.1. The third-order valence-corrected chi connectivity index (χ3v) is 9.99. The lowest BCUT2D eigenvalue weighted by atomic mass is 10.0. The number of hydrogen-bond donors (Lipinski definition) is 4. The number of carboxylic acid groups (broad SMARTS) is 1. The molecule has 4 N–H and O–H groups in total. The van der Waals surface area contributed by atoms with E-state index in [1.165, 1.54) is 10.3 Å². The number of ether oxygens (including phenoxy) is 2. The lowest BCUT2D eigenvalue weighted by Crippen LogP contribution is -2.54. The van der Waals surface area contributed by atoms with Crippen molar-refractivity contribution in [3.63, 3.8) is 0 Å². The Bertz CT molecular complexity index is 2030. The summed E-state index contributed by atoms with van der Waals surface area (Å²) in [4.78, 5) is 88.1. The van der Waals surface area contributed by atoms with E-state index >= 15 is 0 Å². The minimum atomic E-state index is -1.31. The van der Waals surface area contributed by atoms with E-state index in [-0.39, 0.29) is 54.9 Å². The summed E-state index contributed by atoms with van der Waals surface area (Å²) in [7, 11) is 1.68. The van der Waals surface area contributed by atoms with Crippen molar-refractivity contribution in [1.82, 2.24) is 25.8 Å². The lowest BCUT2D eigenvalue weighted by Gasteiger charge is -2.29. The Labute approximate surface area is 333 Å². The highest BCUT2D eigenvalue weighted by Gasteiger charge is 2.38. The second-order valence-corrected chi connectivity index (χ2v) is 14.0. The zero-order valence-corrected chi connectivity index (χ0v) is 32.1. The van der Waals surface area contributed by atoms with Gasteiger partial charge in [0.2, 0.25) is 17.6 Å². The number of rotatable bonds is 17. The quantitative estimate of drug-likeness (QED) is 0.0624. The summed E-state index contributed by atoms with van der Waals surface area (Å²) < 4.78 is 10.6. The molecule has 57 heavy (non-hydrogen) atoms. The minimum Gasteiger partial charge on any atom is -0.476 e. The Kier molecular flexibility index (Phi) is 15.5. The van der Waals surface area contributed by atoms with Gasteiger partial charge in [-0.15, -0.1) is 11.3 Å². The van der Waals surface area contributed by atoms with Gasteiger partial charge < -0.3 is 30.1 Å². The van der Waals surface area contributed by atoms with Gasteiger partial charge in [0.05, 0.1) is 12.1 Å². The molecule has 1 aromatic heterocycles. The van der Waals surface area contributed by atoms with Crippen LogP contribution in [0.15, 0.2) is 101 Å². The number of thiazole rings is 1. The molecule has 298 valence electrons. The zero-order chi connectivity index (χ0) is 40.6. The van der Waals surface area contributed by atoms with E-state index in [1.807, 2.05) is 42.5 Å². The minimum absolute atomic E-state index is 0.0286. The van der Waals surface area contributed by atoms with Gasteiger partial charge in [0, 0.05) is 18.3 Å². The molecule has 15 nitrogen and oxygen atoms in total. The first-order valence-electron chi connectivity index (χ1n) is 18.4. The molecule has 0 spiro atoms. The van der Waals surface area contributed by atoms with Crippen molar-refractivity contribution in [1.29, 1.82) is 0 Å². The van der Waals surface area contributed by atoms with Crippen molar-refractivity contribution in [2.24, 2.45) is 4.99 Å². The first-order chi connectivity index (χ1) is 27.6. The van der Waals surface area contributed by atoms with Gasteiger partial charge in [-0.3, -0.25) is 19.7 Å². The lowest BCUT2D eigenvalue weighted by molar-refractivity contribution is -0.140. The van der Waals surface area contributed by atoms with Crippen molar-refractivity contribution in [3.05, 3.63) is 124 Å². The molecule has 1 saturated heterocycles. The Morgan fingerprint density at radius 2 is 1.49 bits per heavy atom. The predicted octanol–water partition coefficient (Wildman–Crippen LogP) is 5.16. The Morgan fingerprint density at radius 1 is 0.877 bits per heavy atom. The normalized spacial score (nSPS) is 14.9. The molecule has 4 amide bonds. The monoisotopic (exact) mass is 796 g/mol. The summed E-state index contributed by atoms with van der Waals surface area (Å²) in [6, 6.07) is 24.8. The molecule has 1 fully saturated rings. The molecule has 0 saturated carbocycles. The fourth-order valence-corrected chi connectivity index (χ4v) is 6.98. The topological polar surface area (TPSA) is 206 Å². The van der Waals surface area contributed by atoms with Crippen molar-refractivity contribution in [3.8, 4) is 0 Å². The number of carbonyl (C=O) groups is 6.